The topological polar surface area (TPSA) is 78.6 Å². The fraction of sp³-hybridized carbons (Fsp3) is 0.227. The summed E-state index contributed by atoms with van der Waals surface area (Å²) >= 11 is 5.60. The molecule has 4 rings (SSSR count). The molecule has 0 saturated carbocycles. The van der Waals surface area contributed by atoms with Crippen LogP contribution in [0.5, 0.6) is 0 Å². The van der Waals surface area contributed by atoms with Crippen molar-refractivity contribution < 1.29 is 14.3 Å². The Balaban J connectivity index is 1.70. The number of hydrogen-bond acceptors (Lipinski definition) is 4. The molecule has 0 amide bonds. The molecule has 1 saturated heterocycles. The van der Waals surface area contributed by atoms with E-state index in [4.69, 9.17) is 21.7 Å². The van der Waals surface area contributed by atoms with Crippen LogP contribution in [0, 0.1) is 0 Å². The Morgan fingerprint density at radius 2 is 1.93 bits per heavy atom. The van der Waals surface area contributed by atoms with Gasteiger partial charge >= 0.3 is 5.97 Å². The summed E-state index contributed by atoms with van der Waals surface area (Å²) in [4.78, 5) is 17.7. The van der Waals surface area contributed by atoms with E-state index in [2.05, 4.69) is 29.0 Å². The summed E-state index contributed by atoms with van der Waals surface area (Å²) in [7, 11) is 0. The molecule has 2 unspecified atom stereocenters. The molecule has 148 valence electrons. The van der Waals surface area contributed by atoms with Crippen LogP contribution in [0.2, 0.25) is 0 Å². The fourth-order valence-electron chi connectivity index (χ4n) is 3.67. The molecule has 1 fully saturated rings. The number of rotatable bonds is 5. The third-order valence-corrected chi connectivity index (χ3v) is 5.35. The number of benzene rings is 1. The largest absolute Gasteiger partial charge is 0.478 e. The van der Waals surface area contributed by atoms with Crippen LogP contribution in [0.1, 0.15) is 47.7 Å². The molecule has 29 heavy (non-hydrogen) atoms. The number of nitrogens with zero attached hydrogens (tertiary/aromatic N) is 2. The first kappa shape index (κ1) is 19.1. The molecule has 1 aliphatic rings. The Morgan fingerprint density at radius 3 is 2.55 bits per heavy atom. The van der Waals surface area contributed by atoms with Gasteiger partial charge in [-0.15, -0.1) is 0 Å². The molecule has 2 atom stereocenters. The second-order valence-electron chi connectivity index (χ2n) is 7.21. The van der Waals surface area contributed by atoms with Crippen LogP contribution in [-0.2, 0) is 0 Å². The molecular weight excluding hydrogens is 386 g/mol. The molecule has 6 nitrogen and oxygen atoms in total. The number of pyridine rings is 1. The van der Waals surface area contributed by atoms with Gasteiger partial charge in [-0.3, -0.25) is 4.98 Å². The lowest BCUT2D eigenvalue weighted by Gasteiger charge is -2.29. The zero-order chi connectivity index (χ0) is 20.5. The molecule has 2 aromatic heterocycles. The first-order valence-electron chi connectivity index (χ1n) is 9.39. The summed E-state index contributed by atoms with van der Waals surface area (Å²) in [6.07, 6.45) is 1.77. The highest BCUT2D eigenvalue weighted by Crippen LogP contribution is 2.41. The van der Waals surface area contributed by atoms with Crippen LogP contribution >= 0.6 is 12.2 Å². The van der Waals surface area contributed by atoms with Gasteiger partial charge < -0.3 is 19.7 Å². The molecule has 1 aromatic carbocycles. The van der Waals surface area contributed by atoms with Crippen LogP contribution in [-0.4, -0.2) is 32.1 Å². The molecule has 0 spiro atoms. The molecule has 7 heteroatoms. The molecule has 2 N–H and O–H groups in total. The minimum absolute atomic E-state index is 0.125. The van der Waals surface area contributed by atoms with E-state index in [0.717, 1.165) is 17.0 Å². The zero-order valence-electron chi connectivity index (χ0n) is 16.1. The number of carboxylic acid groups (broad SMARTS) is 1. The van der Waals surface area contributed by atoms with Gasteiger partial charge in [0.15, 0.2) is 5.11 Å². The molecule has 3 aromatic rings. The Bertz CT molecular complexity index is 1030. The highest BCUT2D eigenvalue weighted by atomic mass is 32.1. The number of carboxylic acids is 1. The molecule has 0 radical (unpaired) electrons. The minimum Gasteiger partial charge on any atom is -0.478 e. The van der Waals surface area contributed by atoms with Gasteiger partial charge in [0.05, 0.1) is 17.3 Å². The molecule has 0 bridgehead atoms. The van der Waals surface area contributed by atoms with Gasteiger partial charge in [-0.25, -0.2) is 4.79 Å². The van der Waals surface area contributed by atoms with E-state index in [0.29, 0.717) is 10.9 Å². The Kier molecular flexibility index (Phi) is 5.07. The number of nitrogens with one attached hydrogen (secondary N) is 1. The van der Waals surface area contributed by atoms with Gasteiger partial charge in [-0.05, 0) is 62.5 Å². The second kappa shape index (κ2) is 7.67. The average Bonchev–Trinajstić information content (AvgIpc) is 3.33. The van der Waals surface area contributed by atoms with Crippen LogP contribution in [0.25, 0.3) is 11.3 Å². The van der Waals surface area contributed by atoms with Crippen molar-refractivity contribution >= 4 is 23.3 Å². The fourth-order valence-corrected chi connectivity index (χ4v) is 4.12. The molecule has 3 heterocycles. The van der Waals surface area contributed by atoms with Gasteiger partial charge in [0, 0.05) is 17.8 Å². The van der Waals surface area contributed by atoms with Crippen molar-refractivity contribution in [2.75, 3.05) is 0 Å². The van der Waals surface area contributed by atoms with Crippen molar-refractivity contribution in [2.24, 2.45) is 0 Å². The predicted molar refractivity (Wildman–Crippen MR) is 114 cm³/mol. The predicted octanol–water partition coefficient (Wildman–Crippen LogP) is 4.42. The van der Waals surface area contributed by atoms with E-state index in [-0.39, 0.29) is 23.7 Å². The van der Waals surface area contributed by atoms with Gasteiger partial charge in [0.25, 0.3) is 0 Å². The van der Waals surface area contributed by atoms with Crippen LogP contribution < -0.4 is 5.32 Å². The summed E-state index contributed by atoms with van der Waals surface area (Å²) in [5, 5.41) is 13.1. The van der Waals surface area contributed by atoms with E-state index in [1.165, 1.54) is 0 Å². The molecular formula is C22H21N3O3S. The summed E-state index contributed by atoms with van der Waals surface area (Å²) in [6, 6.07) is 16.2. The average molecular weight is 407 g/mol. The van der Waals surface area contributed by atoms with E-state index >= 15 is 0 Å². The maximum Gasteiger partial charge on any atom is 0.335 e. The Morgan fingerprint density at radius 1 is 1.17 bits per heavy atom. The first-order valence-corrected chi connectivity index (χ1v) is 9.79. The minimum atomic E-state index is -0.951. The van der Waals surface area contributed by atoms with Crippen molar-refractivity contribution in [3.05, 3.63) is 77.8 Å². The number of thiocarbonyl (C=S) groups is 1. The van der Waals surface area contributed by atoms with Crippen LogP contribution in [0.15, 0.2) is 65.2 Å². The highest BCUT2D eigenvalue weighted by molar-refractivity contribution is 7.80. The third kappa shape index (κ3) is 3.61. The van der Waals surface area contributed by atoms with E-state index < -0.39 is 5.97 Å². The van der Waals surface area contributed by atoms with Crippen LogP contribution in [0.4, 0.5) is 0 Å². The van der Waals surface area contributed by atoms with E-state index in [1.807, 2.05) is 30.3 Å². The zero-order valence-corrected chi connectivity index (χ0v) is 16.9. The maximum absolute atomic E-state index is 11.1. The van der Waals surface area contributed by atoms with Gasteiger partial charge in [0.2, 0.25) is 0 Å². The van der Waals surface area contributed by atoms with Crippen molar-refractivity contribution in [1.29, 1.82) is 0 Å². The number of aromatic carboxylic acids is 1. The summed E-state index contributed by atoms with van der Waals surface area (Å²) in [5.74, 6) is 0.505. The first-order chi connectivity index (χ1) is 14.0. The van der Waals surface area contributed by atoms with Crippen molar-refractivity contribution in [1.82, 2.24) is 15.2 Å². The van der Waals surface area contributed by atoms with Crippen LogP contribution in [0.3, 0.4) is 0 Å². The van der Waals surface area contributed by atoms with Crippen molar-refractivity contribution in [3.63, 3.8) is 0 Å². The maximum atomic E-state index is 11.1. The summed E-state index contributed by atoms with van der Waals surface area (Å²) in [6.45, 7) is 4.19. The Hall–Kier alpha value is -3.19. The highest BCUT2D eigenvalue weighted by Gasteiger charge is 2.42. The lowest BCUT2D eigenvalue weighted by molar-refractivity contribution is 0.0697. The smallest absolute Gasteiger partial charge is 0.335 e. The van der Waals surface area contributed by atoms with E-state index in [1.54, 1.807) is 30.5 Å². The molecule has 0 aliphatic carbocycles. The van der Waals surface area contributed by atoms with E-state index in [9.17, 15) is 4.79 Å². The quantitative estimate of drug-likeness (QED) is 0.606. The van der Waals surface area contributed by atoms with Gasteiger partial charge in [-0.1, -0.05) is 18.2 Å². The summed E-state index contributed by atoms with van der Waals surface area (Å²) < 4.78 is 6.22. The van der Waals surface area contributed by atoms with Crippen molar-refractivity contribution in [2.45, 2.75) is 32.0 Å². The summed E-state index contributed by atoms with van der Waals surface area (Å²) in [5.41, 5.74) is 1.96. The number of furan rings is 1. The normalized spacial score (nSPS) is 18.9. The standard InChI is InChI=1S/C22H21N3O3S/c1-13(2)25-20(19(24-22(25)29)16-5-3-4-12-23-16)18-11-10-17(28-18)14-6-8-15(9-7-14)21(26)27/h3-13,19-20H,1-2H3,(H,24,29)(H,26,27). The monoisotopic (exact) mass is 407 g/mol. The SMILES string of the molecule is CC(C)N1C(=S)NC(c2ccccn2)C1c1ccc(-c2ccc(C(=O)O)cc2)o1. The lowest BCUT2D eigenvalue weighted by Crippen LogP contribution is -2.35. The number of aromatic nitrogens is 1. The van der Waals surface area contributed by atoms with Gasteiger partial charge in [0.1, 0.15) is 17.6 Å². The molecule has 1 aliphatic heterocycles. The number of hydrogen-bond donors (Lipinski definition) is 2. The lowest BCUT2D eigenvalue weighted by atomic mass is 10.0. The second-order valence-corrected chi connectivity index (χ2v) is 7.60. The third-order valence-electron chi connectivity index (χ3n) is 5.03. The Labute approximate surface area is 174 Å². The van der Waals surface area contributed by atoms with Crippen molar-refractivity contribution in [3.8, 4) is 11.3 Å². The number of carbonyl (C=O) groups is 1. The van der Waals surface area contributed by atoms with Gasteiger partial charge in [-0.2, -0.15) is 0 Å².